The van der Waals surface area contributed by atoms with Crippen molar-refractivity contribution < 1.29 is 4.79 Å². The molecule has 62 valence electrons. The maximum Gasteiger partial charge on any atom is 0.129 e. The van der Waals surface area contributed by atoms with Gasteiger partial charge in [-0.15, -0.1) is 12.4 Å². The summed E-state index contributed by atoms with van der Waals surface area (Å²) in [6.07, 6.45) is 3.87. The average molecular weight is 166 g/mol. The van der Waals surface area contributed by atoms with Gasteiger partial charge in [-0.2, -0.15) is 0 Å². The van der Waals surface area contributed by atoms with Crippen LogP contribution in [0.3, 0.4) is 0 Å². The molecule has 0 aliphatic rings. The number of ketones is 1. The van der Waals surface area contributed by atoms with E-state index < -0.39 is 0 Å². The summed E-state index contributed by atoms with van der Waals surface area (Å²) in [5, 5.41) is 0. The fourth-order valence-corrected chi connectivity index (χ4v) is 0.695. The van der Waals surface area contributed by atoms with Crippen molar-refractivity contribution >= 4 is 18.2 Å². The summed E-state index contributed by atoms with van der Waals surface area (Å²) in [7, 11) is 0. The number of halogens is 1. The quantitative estimate of drug-likeness (QED) is 0.628. The number of rotatable bonds is 5. The minimum absolute atomic E-state index is 0. The van der Waals surface area contributed by atoms with Gasteiger partial charge < -0.3 is 10.5 Å². The van der Waals surface area contributed by atoms with Crippen LogP contribution >= 0.6 is 12.4 Å². The van der Waals surface area contributed by atoms with Gasteiger partial charge in [0.25, 0.3) is 0 Å². The molecule has 10 heavy (non-hydrogen) atoms. The fraction of sp³-hybridized carbons (Fsp3) is 0.857. The average Bonchev–Trinajstić information content (AvgIpc) is 1.80. The van der Waals surface area contributed by atoms with Crippen molar-refractivity contribution in [1.82, 2.24) is 0 Å². The number of carbonyl (C=O) groups is 1. The zero-order chi connectivity index (χ0) is 7.11. The largest absolute Gasteiger partial charge is 0.330 e. The second kappa shape index (κ2) is 8.92. The monoisotopic (exact) mass is 165 g/mol. The van der Waals surface area contributed by atoms with Crippen LogP contribution < -0.4 is 5.73 Å². The summed E-state index contributed by atoms with van der Waals surface area (Å²) in [6, 6.07) is 0. The van der Waals surface area contributed by atoms with Crippen LogP contribution in [0.5, 0.6) is 0 Å². The smallest absolute Gasteiger partial charge is 0.129 e. The highest BCUT2D eigenvalue weighted by Crippen LogP contribution is 1.98. The summed E-state index contributed by atoms with van der Waals surface area (Å²) in [6.45, 7) is 2.38. The van der Waals surface area contributed by atoms with Gasteiger partial charge >= 0.3 is 0 Å². The molecule has 2 N–H and O–H groups in total. The molecule has 3 heteroatoms. The number of carbonyl (C=O) groups excluding carboxylic acids is 1. The van der Waals surface area contributed by atoms with Crippen LogP contribution in [-0.2, 0) is 4.79 Å². The first-order chi connectivity index (χ1) is 4.27. The number of unbranched alkanes of at least 4 members (excludes halogenated alkanes) is 2. The van der Waals surface area contributed by atoms with Gasteiger partial charge in [-0.25, -0.2) is 0 Å². The van der Waals surface area contributed by atoms with Crippen LogP contribution in [0, 0.1) is 0 Å². The third kappa shape index (κ3) is 10.8. The molecule has 0 aromatic rings. The Bertz CT molecular complexity index is 85.7. The van der Waals surface area contributed by atoms with Crippen molar-refractivity contribution in [2.24, 2.45) is 5.73 Å². The molecule has 0 saturated carbocycles. The minimum Gasteiger partial charge on any atom is -0.330 e. The van der Waals surface area contributed by atoms with Crippen LogP contribution in [-0.4, -0.2) is 12.3 Å². The Labute approximate surface area is 68.6 Å². The zero-order valence-electron chi connectivity index (χ0n) is 6.43. The molecule has 0 aromatic carbocycles. The van der Waals surface area contributed by atoms with Crippen LogP contribution in [0.25, 0.3) is 0 Å². The van der Waals surface area contributed by atoms with Gasteiger partial charge in [0.2, 0.25) is 0 Å². The van der Waals surface area contributed by atoms with Gasteiger partial charge in [-0.3, -0.25) is 0 Å². The summed E-state index contributed by atoms with van der Waals surface area (Å²) in [5.74, 6) is 0.284. The van der Waals surface area contributed by atoms with E-state index in [1.807, 2.05) is 0 Å². The maximum absolute atomic E-state index is 10.4. The van der Waals surface area contributed by atoms with E-state index in [1.165, 1.54) is 0 Å². The number of hydrogen-bond acceptors (Lipinski definition) is 2. The van der Waals surface area contributed by atoms with Gasteiger partial charge in [0, 0.05) is 6.42 Å². The summed E-state index contributed by atoms with van der Waals surface area (Å²) < 4.78 is 0. The fourth-order valence-electron chi connectivity index (χ4n) is 0.695. The molecule has 0 heterocycles. The normalized spacial score (nSPS) is 8.60. The van der Waals surface area contributed by atoms with Crippen LogP contribution in [0.15, 0.2) is 0 Å². The highest BCUT2D eigenvalue weighted by molar-refractivity contribution is 5.85. The Morgan fingerprint density at radius 2 is 1.90 bits per heavy atom. The molecule has 2 nitrogen and oxygen atoms in total. The molecule has 0 aromatic heterocycles. The predicted molar refractivity (Wildman–Crippen MR) is 45.5 cm³/mol. The lowest BCUT2D eigenvalue weighted by Crippen LogP contribution is -1.98. The zero-order valence-corrected chi connectivity index (χ0v) is 7.25. The molecule has 0 radical (unpaired) electrons. The standard InChI is InChI=1S/C7H15NO.ClH/c1-7(9)5-3-2-4-6-8;/h2-6,8H2,1H3;1H. The van der Waals surface area contributed by atoms with E-state index in [0.717, 1.165) is 32.2 Å². The minimum atomic E-state index is 0. The Morgan fingerprint density at radius 3 is 2.30 bits per heavy atom. The first-order valence-corrected chi connectivity index (χ1v) is 3.47. The lowest BCUT2D eigenvalue weighted by molar-refractivity contribution is -0.117. The molecule has 0 spiro atoms. The van der Waals surface area contributed by atoms with E-state index in [9.17, 15) is 4.79 Å². The maximum atomic E-state index is 10.4. The van der Waals surface area contributed by atoms with Crippen molar-refractivity contribution in [3.8, 4) is 0 Å². The second-order valence-corrected chi connectivity index (χ2v) is 2.30. The van der Waals surface area contributed by atoms with E-state index in [-0.39, 0.29) is 18.2 Å². The number of Topliss-reactive ketones (excluding diaryl/α,β-unsaturated/α-hetero) is 1. The molecule has 0 fully saturated rings. The second-order valence-electron chi connectivity index (χ2n) is 2.30. The lowest BCUT2D eigenvalue weighted by Gasteiger charge is -1.93. The Balaban J connectivity index is 0. The van der Waals surface area contributed by atoms with Crippen molar-refractivity contribution in [3.05, 3.63) is 0 Å². The molecule has 0 atom stereocenters. The Kier molecular flexibility index (Phi) is 11.2. The summed E-state index contributed by atoms with van der Waals surface area (Å²) in [4.78, 5) is 10.4. The molecule has 0 rings (SSSR count). The van der Waals surface area contributed by atoms with Gasteiger partial charge in [0.1, 0.15) is 5.78 Å². The third-order valence-corrected chi connectivity index (χ3v) is 1.23. The molecule has 0 bridgehead atoms. The van der Waals surface area contributed by atoms with Crippen molar-refractivity contribution in [2.75, 3.05) is 6.54 Å². The predicted octanol–water partition coefficient (Wildman–Crippen LogP) is 1.52. The molecule has 0 saturated heterocycles. The number of nitrogens with two attached hydrogens (primary N) is 1. The molecule has 0 aliphatic carbocycles. The Hall–Kier alpha value is -0.0800. The molecule has 0 unspecified atom stereocenters. The first kappa shape index (κ1) is 12.6. The van der Waals surface area contributed by atoms with E-state index >= 15 is 0 Å². The van der Waals surface area contributed by atoms with Crippen LogP contribution in [0.1, 0.15) is 32.6 Å². The first-order valence-electron chi connectivity index (χ1n) is 3.47. The molecular weight excluding hydrogens is 150 g/mol. The lowest BCUT2D eigenvalue weighted by atomic mass is 10.1. The SMILES string of the molecule is CC(=O)CCCCCN.Cl. The van der Waals surface area contributed by atoms with E-state index in [1.54, 1.807) is 6.92 Å². The summed E-state index contributed by atoms with van der Waals surface area (Å²) >= 11 is 0. The number of hydrogen-bond donors (Lipinski definition) is 1. The van der Waals surface area contributed by atoms with E-state index in [2.05, 4.69) is 0 Å². The van der Waals surface area contributed by atoms with Gasteiger partial charge in [0.15, 0.2) is 0 Å². The highest BCUT2D eigenvalue weighted by atomic mass is 35.5. The molecule has 0 aliphatic heterocycles. The Morgan fingerprint density at radius 1 is 1.30 bits per heavy atom. The van der Waals surface area contributed by atoms with Gasteiger partial charge in [0.05, 0.1) is 0 Å². The summed E-state index contributed by atoms with van der Waals surface area (Å²) in [5.41, 5.74) is 5.26. The topological polar surface area (TPSA) is 43.1 Å². The van der Waals surface area contributed by atoms with E-state index in [0.29, 0.717) is 0 Å². The third-order valence-electron chi connectivity index (χ3n) is 1.23. The van der Waals surface area contributed by atoms with Gasteiger partial charge in [-0.1, -0.05) is 6.42 Å². The van der Waals surface area contributed by atoms with E-state index in [4.69, 9.17) is 5.73 Å². The van der Waals surface area contributed by atoms with Gasteiger partial charge in [-0.05, 0) is 26.3 Å². The van der Waals surface area contributed by atoms with Crippen LogP contribution in [0.4, 0.5) is 0 Å². The van der Waals surface area contributed by atoms with Crippen molar-refractivity contribution in [3.63, 3.8) is 0 Å². The molecular formula is C7H16ClNO. The van der Waals surface area contributed by atoms with Crippen molar-refractivity contribution in [2.45, 2.75) is 32.6 Å². The molecule has 0 amide bonds. The highest BCUT2D eigenvalue weighted by Gasteiger charge is 1.91. The van der Waals surface area contributed by atoms with Crippen LogP contribution in [0.2, 0.25) is 0 Å². The van der Waals surface area contributed by atoms with Crippen molar-refractivity contribution in [1.29, 1.82) is 0 Å².